The van der Waals surface area contributed by atoms with Crippen molar-refractivity contribution in [3.63, 3.8) is 0 Å². The summed E-state index contributed by atoms with van der Waals surface area (Å²) in [6, 6.07) is 4.22. The molecular formula is C9H12N2O3. The van der Waals surface area contributed by atoms with Crippen molar-refractivity contribution in [3.05, 3.63) is 23.8 Å². The van der Waals surface area contributed by atoms with Gasteiger partial charge in [0, 0.05) is 5.56 Å². The molecule has 0 fully saturated rings. The van der Waals surface area contributed by atoms with Crippen molar-refractivity contribution in [1.82, 2.24) is 0 Å². The summed E-state index contributed by atoms with van der Waals surface area (Å²) >= 11 is 0. The number of ether oxygens (including phenoxy) is 1. The van der Waals surface area contributed by atoms with E-state index in [4.69, 9.17) is 15.7 Å². The van der Waals surface area contributed by atoms with Crippen LogP contribution in [0.4, 0.5) is 0 Å². The molecule has 0 saturated heterocycles. The summed E-state index contributed by atoms with van der Waals surface area (Å²) in [7, 11) is 0. The Kier molecular flexibility index (Phi) is 3.17. The second-order valence-electron chi connectivity index (χ2n) is 2.57. The van der Waals surface area contributed by atoms with E-state index in [1.165, 1.54) is 12.1 Å². The van der Waals surface area contributed by atoms with Gasteiger partial charge in [0.1, 0.15) is 0 Å². The van der Waals surface area contributed by atoms with Crippen molar-refractivity contribution in [2.75, 3.05) is 6.61 Å². The highest BCUT2D eigenvalue weighted by molar-refractivity contribution is 5.94. The van der Waals surface area contributed by atoms with Gasteiger partial charge in [-0.2, -0.15) is 0 Å². The number of hydrazone groups is 1. The number of aromatic hydroxyl groups is 2. The van der Waals surface area contributed by atoms with Crippen molar-refractivity contribution in [3.8, 4) is 11.5 Å². The van der Waals surface area contributed by atoms with Crippen LogP contribution in [0.15, 0.2) is 23.3 Å². The van der Waals surface area contributed by atoms with E-state index >= 15 is 0 Å². The molecule has 0 saturated carbocycles. The maximum atomic E-state index is 9.21. The number of rotatable bonds is 2. The predicted octanol–water partition coefficient (Wildman–Crippen LogP) is 0.755. The first kappa shape index (κ1) is 10.2. The van der Waals surface area contributed by atoms with Crippen molar-refractivity contribution < 1.29 is 14.9 Å². The van der Waals surface area contributed by atoms with Crippen LogP contribution in [-0.4, -0.2) is 22.7 Å². The van der Waals surface area contributed by atoms with Crippen molar-refractivity contribution in [2.45, 2.75) is 6.92 Å². The molecule has 1 rings (SSSR count). The van der Waals surface area contributed by atoms with Gasteiger partial charge in [0.2, 0.25) is 5.90 Å². The molecule has 0 radical (unpaired) electrons. The average Bonchev–Trinajstić information content (AvgIpc) is 2.19. The molecule has 1 aromatic carbocycles. The van der Waals surface area contributed by atoms with Crippen LogP contribution < -0.4 is 5.84 Å². The lowest BCUT2D eigenvalue weighted by Gasteiger charge is -2.06. The van der Waals surface area contributed by atoms with E-state index in [-0.39, 0.29) is 17.4 Å². The summed E-state index contributed by atoms with van der Waals surface area (Å²) in [6.45, 7) is 2.23. The largest absolute Gasteiger partial charge is 0.504 e. The van der Waals surface area contributed by atoms with E-state index in [2.05, 4.69) is 5.10 Å². The molecule has 0 unspecified atom stereocenters. The van der Waals surface area contributed by atoms with Gasteiger partial charge in [-0.05, 0) is 25.1 Å². The van der Waals surface area contributed by atoms with Gasteiger partial charge in [-0.1, -0.05) is 0 Å². The van der Waals surface area contributed by atoms with Gasteiger partial charge in [0.15, 0.2) is 11.5 Å². The van der Waals surface area contributed by atoms with E-state index in [1.54, 1.807) is 13.0 Å². The number of nitrogens with two attached hydrogens (primary N) is 1. The normalized spacial score (nSPS) is 11.4. The van der Waals surface area contributed by atoms with Crippen molar-refractivity contribution >= 4 is 5.90 Å². The number of phenolic OH excluding ortho intramolecular Hbond substituents is 2. The lowest BCUT2D eigenvalue weighted by atomic mass is 10.2. The van der Waals surface area contributed by atoms with Crippen molar-refractivity contribution in [1.29, 1.82) is 0 Å². The summed E-state index contributed by atoms with van der Waals surface area (Å²) in [4.78, 5) is 0. The summed E-state index contributed by atoms with van der Waals surface area (Å²) in [6.07, 6.45) is 0. The maximum Gasteiger partial charge on any atom is 0.237 e. The standard InChI is InChI=1S/C9H12N2O3/c1-2-14-9(11-10)6-3-4-7(12)8(13)5-6/h3-5,12-13H,2,10H2,1H3/b11-9-. The van der Waals surface area contributed by atoms with Crippen LogP contribution in [0.3, 0.4) is 0 Å². The minimum atomic E-state index is -0.233. The third kappa shape index (κ3) is 2.07. The van der Waals surface area contributed by atoms with Crippen LogP contribution in [0.1, 0.15) is 12.5 Å². The molecule has 14 heavy (non-hydrogen) atoms. The molecular weight excluding hydrogens is 184 g/mol. The summed E-state index contributed by atoms with van der Waals surface area (Å²) in [5.41, 5.74) is 0.518. The summed E-state index contributed by atoms with van der Waals surface area (Å²) in [5, 5.41) is 21.7. The minimum absolute atomic E-state index is 0.193. The van der Waals surface area contributed by atoms with E-state index in [9.17, 15) is 5.11 Å². The number of hydrogen-bond acceptors (Lipinski definition) is 5. The lowest BCUT2D eigenvalue weighted by molar-refractivity contribution is 0.326. The summed E-state index contributed by atoms with van der Waals surface area (Å²) in [5.74, 6) is 4.90. The van der Waals surface area contributed by atoms with Crippen LogP contribution in [0, 0.1) is 0 Å². The van der Waals surface area contributed by atoms with E-state index in [0.29, 0.717) is 12.2 Å². The van der Waals surface area contributed by atoms with Gasteiger partial charge in [0.05, 0.1) is 6.61 Å². The van der Waals surface area contributed by atoms with Gasteiger partial charge in [-0.25, -0.2) is 0 Å². The van der Waals surface area contributed by atoms with Crippen LogP contribution in [0.25, 0.3) is 0 Å². The van der Waals surface area contributed by atoms with Gasteiger partial charge in [-0.15, -0.1) is 5.10 Å². The highest BCUT2D eigenvalue weighted by atomic mass is 16.5. The zero-order valence-corrected chi connectivity index (χ0v) is 7.77. The second kappa shape index (κ2) is 4.36. The number of nitrogens with zero attached hydrogens (tertiary/aromatic N) is 1. The molecule has 76 valence electrons. The SMILES string of the molecule is CCO/C(=N\N)c1ccc(O)c(O)c1. The fraction of sp³-hybridized carbons (Fsp3) is 0.222. The molecule has 1 aromatic rings. The average molecular weight is 196 g/mol. The molecule has 0 amide bonds. The molecule has 0 aliphatic rings. The molecule has 0 aliphatic carbocycles. The van der Waals surface area contributed by atoms with Gasteiger partial charge in [0.25, 0.3) is 0 Å². The number of phenols is 2. The molecule has 0 aliphatic heterocycles. The topological polar surface area (TPSA) is 88.1 Å². The monoisotopic (exact) mass is 196 g/mol. The van der Waals surface area contributed by atoms with Gasteiger partial charge < -0.3 is 20.8 Å². The Morgan fingerprint density at radius 1 is 1.43 bits per heavy atom. The predicted molar refractivity (Wildman–Crippen MR) is 52.1 cm³/mol. The first-order valence-electron chi connectivity index (χ1n) is 4.12. The second-order valence-corrected chi connectivity index (χ2v) is 2.57. The van der Waals surface area contributed by atoms with E-state index < -0.39 is 0 Å². The van der Waals surface area contributed by atoms with Crippen LogP contribution >= 0.6 is 0 Å². The van der Waals surface area contributed by atoms with Crippen molar-refractivity contribution in [2.24, 2.45) is 10.9 Å². The number of benzene rings is 1. The molecule has 0 atom stereocenters. The fourth-order valence-electron chi connectivity index (χ4n) is 0.988. The van der Waals surface area contributed by atoms with Crippen LogP contribution in [0.2, 0.25) is 0 Å². The zero-order valence-electron chi connectivity index (χ0n) is 7.77. The Morgan fingerprint density at radius 3 is 2.64 bits per heavy atom. The van der Waals surface area contributed by atoms with Crippen LogP contribution in [-0.2, 0) is 4.74 Å². The van der Waals surface area contributed by atoms with E-state index in [0.717, 1.165) is 0 Å². The first-order valence-corrected chi connectivity index (χ1v) is 4.12. The Balaban J connectivity index is 3.00. The quantitative estimate of drug-likeness (QED) is 0.214. The molecule has 4 N–H and O–H groups in total. The zero-order chi connectivity index (χ0) is 10.6. The minimum Gasteiger partial charge on any atom is -0.504 e. The molecule has 5 nitrogen and oxygen atoms in total. The van der Waals surface area contributed by atoms with Gasteiger partial charge in [-0.3, -0.25) is 0 Å². The highest BCUT2D eigenvalue weighted by Crippen LogP contribution is 2.25. The maximum absolute atomic E-state index is 9.21. The summed E-state index contributed by atoms with van der Waals surface area (Å²) < 4.78 is 5.10. The molecule has 0 aromatic heterocycles. The van der Waals surface area contributed by atoms with E-state index in [1.807, 2.05) is 0 Å². The molecule has 0 bridgehead atoms. The van der Waals surface area contributed by atoms with Gasteiger partial charge >= 0.3 is 0 Å². The Bertz CT molecular complexity index is 350. The molecule has 5 heteroatoms. The van der Waals surface area contributed by atoms with Crippen LogP contribution in [0.5, 0.6) is 11.5 Å². The fourth-order valence-corrected chi connectivity index (χ4v) is 0.988. The third-order valence-corrected chi connectivity index (χ3v) is 1.62. The number of hydrogen-bond donors (Lipinski definition) is 3. The third-order valence-electron chi connectivity index (χ3n) is 1.62. The Morgan fingerprint density at radius 2 is 2.14 bits per heavy atom. The molecule has 0 heterocycles. The lowest BCUT2D eigenvalue weighted by Crippen LogP contribution is -2.08. The highest BCUT2D eigenvalue weighted by Gasteiger charge is 2.07. The Labute approximate surface area is 81.4 Å². The smallest absolute Gasteiger partial charge is 0.237 e. The first-order chi connectivity index (χ1) is 6.69. The molecule has 0 spiro atoms. The Hall–Kier alpha value is -1.91.